The third-order valence-corrected chi connectivity index (χ3v) is 5.02. The first kappa shape index (κ1) is 16.9. The van der Waals surface area contributed by atoms with Gasteiger partial charge in [0.2, 0.25) is 11.8 Å². The van der Waals surface area contributed by atoms with Gasteiger partial charge < -0.3 is 10.1 Å². The van der Waals surface area contributed by atoms with Crippen molar-refractivity contribution in [2.75, 3.05) is 6.61 Å². The first-order chi connectivity index (χ1) is 11.7. The molecule has 128 valence electrons. The van der Waals surface area contributed by atoms with Crippen molar-refractivity contribution in [1.29, 1.82) is 0 Å². The number of hydrogen-bond donors (Lipinski definition) is 3. The monoisotopic (exact) mass is 346 g/mol. The van der Waals surface area contributed by atoms with E-state index in [0.717, 1.165) is 12.0 Å². The third-order valence-electron chi connectivity index (χ3n) is 3.91. The number of rotatable bonds is 6. The fourth-order valence-electron chi connectivity index (χ4n) is 2.69. The van der Waals surface area contributed by atoms with Crippen molar-refractivity contribution in [2.24, 2.45) is 0 Å². The van der Waals surface area contributed by atoms with Gasteiger partial charge in [-0.15, -0.1) is 11.3 Å². The molecule has 2 aromatic rings. The highest BCUT2D eigenvalue weighted by Gasteiger charge is 2.30. The van der Waals surface area contributed by atoms with Gasteiger partial charge in [-0.05, 0) is 38.5 Å². The van der Waals surface area contributed by atoms with Gasteiger partial charge in [-0.2, -0.15) is 0 Å². The number of aryl methyl sites for hydroxylation is 1. The molecule has 1 saturated heterocycles. The Bertz CT molecular complexity index is 703. The maximum Gasteiger partial charge on any atom is 0.238 e. The summed E-state index contributed by atoms with van der Waals surface area (Å²) in [7, 11) is 0. The standard InChI is InChI=1S/C17H22N4O2S/c1-3-23-17-12(5-4-8-18-17)10-19-16(22)14-9-13(20-21-14)15-7-6-11(2)24-15/h4-8,13-14,20-21H,3,9-10H2,1-2H3,(H,19,22). The van der Waals surface area contributed by atoms with E-state index in [2.05, 4.69) is 40.2 Å². The maximum absolute atomic E-state index is 12.4. The number of ether oxygens (including phenoxy) is 1. The molecule has 7 heteroatoms. The zero-order valence-corrected chi connectivity index (χ0v) is 14.7. The van der Waals surface area contributed by atoms with Gasteiger partial charge in [0.1, 0.15) is 6.04 Å². The number of carbonyl (C=O) groups is 1. The fourth-order valence-corrected chi connectivity index (χ4v) is 3.63. The molecule has 1 aliphatic heterocycles. The molecule has 0 saturated carbocycles. The van der Waals surface area contributed by atoms with Crippen LogP contribution in [0.25, 0.3) is 0 Å². The van der Waals surface area contributed by atoms with Gasteiger partial charge in [-0.3, -0.25) is 4.79 Å². The van der Waals surface area contributed by atoms with Crippen molar-refractivity contribution in [3.63, 3.8) is 0 Å². The predicted molar refractivity (Wildman–Crippen MR) is 93.7 cm³/mol. The van der Waals surface area contributed by atoms with Crippen LogP contribution in [0.2, 0.25) is 0 Å². The predicted octanol–water partition coefficient (Wildman–Crippen LogP) is 2.07. The molecule has 2 unspecified atom stereocenters. The highest BCUT2D eigenvalue weighted by atomic mass is 32.1. The summed E-state index contributed by atoms with van der Waals surface area (Å²) in [4.78, 5) is 19.1. The van der Waals surface area contributed by atoms with Crippen molar-refractivity contribution < 1.29 is 9.53 Å². The molecule has 0 radical (unpaired) electrons. The van der Waals surface area contributed by atoms with Gasteiger partial charge in [0.25, 0.3) is 0 Å². The van der Waals surface area contributed by atoms with Crippen LogP contribution < -0.4 is 20.9 Å². The quantitative estimate of drug-likeness (QED) is 0.747. The molecule has 0 bridgehead atoms. The van der Waals surface area contributed by atoms with Crippen molar-refractivity contribution in [3.05, 3.63) is 45.8 Å². The Morgan fingerprint density at radius 2 is 2.29 bits per heavy atom. The van der Waals surface area contributed by atoms with Crippen LogP contribution in [0.1, 0.15) is 34.7 Å². The normalized spacial score (nSPS) is 20.1. The molecule has 3 heterocycles. The zero-order chi connectivity index (χ0) is 16.9. The lowest BCUT2D eigenvalue weighted by Gasteiger charge is -2.12. The van der Waals surface area contributed by atoms with Crippen LogP contribution in [0.15, 0.2) is 30.5 Å². The Labute approximate surface area is 145 Å². The highest BCUT2D eigenvalue weighted by Crippen LogP contribution is 2.28. The first-order valence-electron chi connectivity index (χ1n) is 8.09. The molecule has 1 aliphatic rings. The van der Waals surface area contributed by atoms with Crippen LogP contribution >= 0.6 is 11.3 Å². The van der Waals surface area contributed by atoms with E-state index in [-0.39, 0.29) is 18.0 Å². The Morgan fingerprint density at radius 1 is 1.42 bits per heavy atom. The molecule has 1 fully saturated rings. The number of pyridine rings is 1. The van der Waals surface area contributed by atoms with E-state index in [4.69, 9.17) is 4.74 Å². The Kier molecular flexibility index (Phi) is 5.44. The lowest BCUT2D eigenvalue weighted by atomic mass is 10.1. The fraction of sp³-hybridized carbons (Fsp3) is 0.412. The molecule has 1 amide bonds. The van der Waals surface area contributed by atoms with Gasteiger partial charge in [0.05, 0.1) is 12.6 Å². The number of nitrogens with one attached hydrogen (secondary N) is 3. The van der Waals surface area contributed by atoms with Gasteiger partial charge in [-0.25, -0.2) is 15.8 Å². The van der Waals surface area contributed by atoms with E-state index in [9.17, 15) is 4.79 Å². The van der Waals surface area contributed by atoms with Crippen molar-refractivity contribution in [3.8, 4) is 5.88 Å². The number of aromatic nitrogens is 1. The second kappa shape index (κ2) is 7.74. The SMILES string of the molecule is CCOc1ncccc1CNC(=O)C1CC(c2ccc(C)s2)NN1. The summed E-state index contributed by atoms with van der Waals surface area (Å²) in [6.07, 6.45) is 2.42. The van der Waals surface area contributed by atoms with Crippen molar-refractivity contribution in [1.82, 2.24) is 21.2 Å². The molecule has 2 aromatic heterocycles. The number of carbonyl (C=O) groups excluding carboxylic acids is 1. The van der Waals surface area contributed by atoms with Crippen LogP contribution in [-0.4, -0.2) is 23.5 Å². The lowest BCUT2D eigenvalue weighted by Crippen LogP contribution is -2.42. The van der Waals surface area contributed by atoms with Crippen LogP contribution in [0.5, 0.6) is 5.88 Å². The molecule has 24 heavy (non-hydrogen) atoms. The van der Waals surface area contributed by atoms with Gasteiger partial charge in [0.15, 0.2) is 0 Å². The van der Waals surface area contributed by atoms with E-state index in [1.165, 1.54) is 9.75 Å². The Hall–Kier alpha value is -1.96. The summed E-state index contributed by atoms with van der Waals surface area (Å²) in [5.41, 5.74) is 7.18. The summed E-state index contributed by atoms with van der Waals surface area (Å²) in [6, 6.07) is 7.90. The summed E-state index contributed by atoms with van der Waals surface area (Å²) in [5.74, 6) is 0.550. The third kappa shape index (κ3) is 3.92. The summed E-state index contributed by atoms with van der Waals surface area (Å²) in [6.45, 7) is 4.96. The van der Waals surface area contributed by atoms with Gasteiger partial charge >= 0.3 is 0 Å². The second-order valence-corrected chi connectivity index (χ2v) is 7.02. The second-order valence-electron chi connectivity index (χ2n) is 5.70. The average molecular weight is 346 g/mol. The molecular formula is C17H22N4O2S. The maximum atomic E-state index is 12.4. The topological polar surface area (TPSA) is 75.3 Å². The smallest absolute Gasteiger partial charge is 0.238 e. The number of amides is 1. The van der Waals surface area contributed by atoms with Crippen LogP contribution in [0.4, 0.5) is 0 Å². The molecule has 3 rings (SSSR count). The largest absolute Gasteiger partial charge is 0.478 e. The summed E-state index contributed by atoms with van der Waals surface area (Å²) in [5, 5.41) is 2.96. The Balaban J connectivity index is 1.55. The number of thiophene rings is 1. The minimum absolute atomic E-state index is 0.0235. The van der Waals surface area contributed by atoms with E-state index in [1.54, 1.807) is 17.5 Å². The first-order valence-corrected chi connectivity index (χ1v) is 8.90. The van der Waals surface area contributed by atoms with E-state index in [0.29, 0.717) is 19.0 Å². The minimum Gasteiger partial charge on any atom is -0.478 e. The molecule has 0 aliphatic carbocycles. The molecule has 0 aromatic carbocycles. The van der Waals surface area contributed by atoms with Crippen LogP contribution in [-0.2, 0) is 11.3 Å². The lowest BCUT2D eigenvalue weighted by molar-refractivity contribution is -0.123. The van der Waals surface area contributed by atoms with E-state index >= 15 is 0 Å². The molecule has 0 spiro atoms. The van der Waals surface area contributed by atoms with Gasteiger partial charge in [-0.1, -0.05) is 6.07 Å². The van der Waals surface area contributed by atoms with Gasteiger partial charge in [0, 0.05) is 28.1 Å². The molecule has 2 atom stereocenters. The summed E-state index contributed by atoms with van der Waals surface area (Å²) < 4.78 is 5.48. The van der Waals surface area contributed by atoms with Crippen LogP contribution in [0, 0.1) is 6.92 Å². The molecule has 6 nitrogen and oxygen atoms in total. The minimum atomic E-state index is -0.246. The van der Waals surface area contributed by atoms with E-state index in [1.807, 2.05) is 19.1 Å². The van der Waals surface area contributed by atoms with Crippen molar-refractivity contribution >= 4 is 17.2 Å². The molecular weight excluding hydrogens is 324 g/mol. The summed E-state index contributed by atoms with van der Waals surface area (Å²) >= 11 is 1.76. The number of hydrogen-bond acceptors (Lipinski definition) is 6. The number of hydrazine groups is 1. The molecule has 3 N–H and O–H groups in total. The average Bonchev–Trinajstić information content (AvgIpc) is 3.23. The zero-order valence-electron chi connectivity index (χ0n) is 13.8. The van der Waals surface area contributed by atoms with Crippen molar-refractivity contribution in [2.45, 2.75) is 38.9 Å². The number of nitrogens with zero attached hydrogens (tertiary/aromatic N) is 1. The van der Waals surface area contributed by atoms with Crippen LogP contribution in [0.3, 0.4) is 0 Å². The van der Waals surface area contributed by atoms with E-state index < -0.39 is 0 Å². The Morgan fingerprint density at radius 3 is 3.04 bits per heavy atom. The highest BCUT2D eigenvalue weighted by molar-refractivity contribution is 7.12.